The molecule has 1 aliphatic carbocycles. The van der Waals surface area contributed by atoms with E-state index < -0.39 is 47.1 Å². The number of piperazine rings is 2. The van der Waals surface area contributed by atoms with E-state index in [1.165, 1.54) is 40.6 Å². The normalized spacial score (nSPS) is 18.3. The number of hydrogen-bond donors (Lipinski definition) is 2. The van der Waals surface area contributed by atoms with E-state index in [-0.39, 0.29) is 24.1 Å². The van der Waals surface area contributed by atoms with Crippen molar-refractivity contribution in [2.45, 2.75) is 73.2 Å². The van der Waals surface area contributed by atoms with Gasteiger partial charge in [-0.15, -0.1) is 11.8 Å². The lowest BCUT2D eigenvalue weighted by Gasteiger charge is -2.39. The number of amides is 1. The van der Waals surface area contributed by atoms with Crippen LogP contribution in [-0.4, -0.2) is 127 Å². The Balaban J connectivity index is 0.00000741. The number of carbonyl (C=O) groups is 1. The molecule has 2 fully saturated rings. The second-order valence-corrected chi connectivity index (χ2v) is 23.3. The Bertz CT molecular complexity index is 2570. The highest BCUT2D eigenvalue weighted by Crippen LogP contribution is 2.43. The highest BCUT2D eigenvalue weighted by Gasteiger charge is 2.48. The predicted molar refractivity (Wildman–Crippen MR) is 265 cm³/mol. The molecule has 0 bridgehead atoms. The van der Waals surface area contributed by atoms with Crippen molar-refractivity contribution >= 4 is 66.1 Å². The lowest BCUT2D eigenvalue weighted by Crippen LogP contribution is -2.47. The number of halogens is 4. The summed E-state index contributed by atoms with van der Waals surface area (Å²) in [5.74, 6) is -0.631. The molecule has 67 heavy (non-hydrogen) atoms. The number of hydrogen-bond acceptors (Lipinski definition) is 11. The van der Waals surface area contributed by atoms with Crippen LogP contribution >= 0.6 is 23.4 Å². The average Bonchev–Trinajstić information content (AvgIpc) is 3.28. The first kappa shape index (κ1) is 52.3. The number of sulfonamides is 1. The standard InChI is InChI=1S/C48H58ClF3N6O5S3.CH4/c1-47(2)21-19-43(35-9-13-38(49)14-10-35)37(32-47)33-57-27-29-58(30-28-57)40-15-11-36(12-16-40)46(59)54-66(62,63)42-17-18-44(45(31-42)65(60,61)48(50,51)52)53-39(34-64-41-7-5-4-6-8-41)20-22-56-25-23-55(3)24-26-56;/h4-18,31,39,53H,19-30,32-34H2,1-3H3,(H,54,59);1H4/t39-;/m1./s1. The third kappa shape index (κ3) is 13.6. The van der Waals surface area contributed by atoms with Gasteiger partial charge in [-0.2, -0.15) is 13.2 Å². The molecule has 2 saturated heterocycles. The zero-order valence-electron chi connectivity index (χ0n) is 37.5. The van der Waals surface area contributed by atoms with E-state index in [1.807, 2.05) is 54.2 Å². The van der Waals surface area contributed by atoms with Crippen molar-refractivity contribution in [1.29, 1.82) is 0 Å². The summed E-state index contributed by atoms with van der Waals surface area (Å²) in [4.78, 5) is 21.4. The summed E-state index contributed by atoms with van der Waals surface area (Å²) in [6.07, 6.45) is 3.63. The number of likely N-dealkylation sites (N-methyl/N-ethyl adjacent to an activating group) is 1. The summed E-state index contributed by atoms with van der Waals surface area (Å²) < 4.78 is 98.0. The summed E-state index contributed by atoms with van der Waals surface area (Å²) >= 11 is 7.66. The monoisotopic (exact) mass is 1000 g/mol. The molecule has 1 amide bonds. The Labute approximate surface area is 404 Å². The van der Waals surface area contributed by atoms with Gasteiger partial charge in [0.05, 0.1) is 10.6 Å². The van der Waals surface area contributed by atoms with E-state index in [4.69, 9.17) is 11.6 Å². The van der Waals surface area contributed by atoms with Crippen LogP contribution in [0.1, 0.15) is 62.9 Å². The van der Waals surface area contributed by atoms with Crippen LogP contribution in [-0.2, 0) is 19.9 Å². The molecule has 0 aromatic heterocycles. The molecule has 18 heteroatoms. The number of alkyl halides is 3. The lowest BCUT2D eigenvalue weighted by molar-refractivity contribution is -0.0435. The molecule has 0 radical (unpaired) electrons. The molecular weight excluding hydrogens is 941 g/mol. The molecule has 0 spiro atoms. The molecule has 364 valence electrons. The minimum absolute atomic E-state index is 0. The van der Waals surface area contributed by atoms with Crippen molar-refractivity contribution in [3.05, 3.63) is 119 Å². The van der Waals surface area contributed by atoms with Crippen molar-refractivity contribution in [3.8, 4) is 0 Å². The van der Waals surface area contributed by atoms with Crippen molar-refractivity contribution in [1.82, 2.24) is 19.4 Å². The summed E-state index contributed by atoms with van der Waals surface area (Å²) in [6, 6.07) is 25.9. The highest BCUT2D eigenvalue weighted by atomic mass is 35.5. The minimum Gasteiger partial charge on any atom is -0.380 e. The summed E-state index contributed by atoms with van der Waals surface area (Å²) in [7, 11) is -8.85. The van der Waals surface area contributed by atoms with Crippen molar-refractivity contribution < 1.29 is 34.8 Å². The number of anilines is 2. The molecular formula is C49H62ClF3N6O5S3. The zero-order valence-corrected chi connectivity index (χ0v) is 40.7. The Kier molecular flexibility index (Phi) is 17.3. The van der Waals surface area contributed by atoms with Crippen LogP contribution in [0.3, 0.4) is 0 Å². The van der Waals surface area contributed by atoms with E-state index in [1.54, 1.807) is 12.1 Å². The van der Waals surface area contributed by atoms with Gasteiger partial charge in [0.15, 0.2) is 0 Å². The number of sulfone groups is 1. The maximum Gasteiger partial charge on any atom is 0.501 e. The first-order valence-corrected chi connectivity index (χ1v) is 26.5. The van der Waals surface area contributed by atoms with E-state index in [0.717, 1.165) is 101 Å². The number of benzene rings is 4. The third-order valence-corrected chi connectivity index (χ3v) is 17.0. The largest absolute Gasteiger partial charge is 0.501 e. The van der Waals surface area contributed by atoms with Crippen LogP contribution in [0.4, 0.5) is 24.5 Å². The summed E-state index contributed by atoms with van der Waals surface area (Å²) in [5, 5.41) is 3.74. The second-order valence-electron chi connectivity index (χ2n) is 18.2. The Morgan fingerprint density at radius 3 is 2.12 bits per heavy atom. The maximum atomic E-state index is 14.2. The molecule has 0 saturated carbocycles. The molecule has 4 aromatic carbocycles. The van der Waals surface area contributed by atoms with E-state index >= 15 is 0 Å². The predicted octanol–water partition coefficient (Wildman–Crippen LogP) is 9.38. The quantitative estimate of drug-likeness (QED) is 0.105. The van der Waals surface area contributed by atoms with Gasteiger partial charge in [0, 0.05) is 98.4 Å². The fourth-order valence-electron chi connectivity index (χ4n) is 8.74. The fraction of sp³-hybridized carbons (Fsp3) is 0.449. The SMILES string of the molecule is C.CN1CCN(CC[C@H](CSc2ccccc2)Nc2ccc(S(=O)(=O)NC(=O)c3ccc(N4CCN(CC5=C(c6ccc(Cl)cc6)CCC(C)(C)C5)CC4)cc3)cc2S(=O)(=O)C(F)(F)F)CC1. The molecule has 7 rings (SSSR count). The highest BCUT2D eigenvalue weighted by molar-refractivity contribution is 7.99. The van der Waals surface area contributed by atoms with Gasteiger partial charge in [0.2, 0.25) is 0 Å². The second kappa shape index (κ2) is 22.1. The zero-order chi connectivity index (χ0) is 47.3. The molecule has 1 atom stereocenters. The van der Waals surface area contributed by atoms with Gasteiger partial charge in [-0.3, -0.25) is 9.69 Å². The fourth-order valence-corrected chi connectivity index (χ4v) is 11.9. The number of nitrogens with one attached hydrogen (secondary N) is 2. The van der Waals surface area contributed by atoms with Crippen LogP contribution in [0.2, 0.25) is 5.02 Å². The smallest absolute Gasteiger partial charge is 0.380 e. The van der Waals surface area contributed by atoms with Gasteiger partial charge in [0.25, 0.3) is 25.8 Å². The first-order valence-electron chi connectivity index (χ1n) is 22.2. The Morgan fingerprint density at radius 2 is 1.48 bits per heavy atom. The molecule has 4 aromatic rings. The number of nitrogens with zero attached hydrogens (tertiary/aromatic N) is 4. The molecule has 3 aliphatic rings. The molecule has 11 nitrogen and oxygen atoms in total. The molecule has 2 N–H and O–H groups in total. The van der Waals surface area contributed by atoms with Gasteiger partial charge < -0.3 is 20.0 Å². The molecule has 2 heterocycles. The van der Waals surface area contributed by atoms with Gasteiger partial charge in [-0.05, 0) is 116 Å². The number of carbonyl (C=O) groups excluding carboxylic acids is 1. The van der Waals surface area contributed by atoms with Gasteiger partial charge in [0.1, 0.15) is 4.90 Å². The summed E-state index contributed by atoms with van der Waals surface area (Å²) in [5.41, 5.74) is -0.979. The number of allylic oxidation sites excluding steroid dienone is 1. The lowest BCUT2D eigenvalue weighted by atomic mass is 9.73. The van der Waals surface area contributed by atoms with E-state index in [0.29, 0.717) is 29.8 Å². The maximum absolute atomic E-state index is 14.2. The van der Waals surface area contributed by atoms with Gasteiger partial charge in [-0.1, -0.05) is 68.8 Å². The van der Waals surface area contributed by atoms with Gasteiger partial charge >= 0.3 is 5.51 Å². The third-order valence-electron chi connectivity index (χ3n) is 12.7. The van der Waals surface area contributed by atoms with Crippen molar-refractivity contribution in [2.24, 2.45) is 5.41 Å². The molecule has 0 unspecified atom stereocenters. The van der Waals surface area contributed by atoms with Crippen LogP contribution < -0.4 is 14.9 Å². The minimum atomic E-state index is -6.05. The Morgan fingerprint density at radius 1 is 0.836 bits per heavy atom. The van der Waals surface area contributed by atoms with E-state index in [9.17, 15) is 34.8 Å². The number of thioether (sulfide) groups is 1. The van der Waals surface area contributed by atoms with Crippen LogP contribution in [0, 0.1) is 5.41 Å². The van der Waals surface area contributed by atoms with Crippen LogP contribution in [0.5, 0.6) is 0 Å². The number of rotatable bonds is 16. The molecule has 2 aliphatic heterocycles. The van der Waals surface area contributed by atoms with E-state index in [2.05, 4.69) is 50.9 Å². The first-order chi connectivity index (χ1) is 31.3. The van der Waals surface area contributed by atoms with Crippen LogP contribution in [0.25, 0.3) is 5.57 Å². The van der Waals surface area contributed by atoms with Crippen LogP contribution in [0.15, 0.2) is 117 Å². The average molecular weight is 1000 g/mol. The van der Waals surface area contributed by atoms with Gasteiger partial charge in [-0.25, -0.2) is 21.6 Å². The van der Waals surface area contributed by atoms with Crippen molar-refractivity contribution in [2.75, 3.05) is 88.5 Å². The summed E-state index contributed by atoms with van der Waals surface area (Å²) in [6.45, 7) is 12.6. The Hall–Kier alpha value is -4.10. The topological polar surface area (TPSA) is 122 Å². The van der Waals surface area contributed by atoms with Crippen molar-refractivity contribution in [3.63, 3.8) is 0 Å².